The number of rotatable bonds is 4. The summed E-state index contributed by atoms with van der Waals surface area (Å²) in [6, 6.07) is 0.423. The van der Waals surface area contributed by atoms with Crippen LogP contribution in [-0.4, -0.2) is 36.5 Å². The molecular formula is C10H20N2O. The largest absolute Gasteiger partial charge is 0.341 e. The van der Waals surface area contributed by atoms with Gasteiger partial charge in [-0.15, -0.1) is 0 Å². The van der Waals surface area contributed by atoms with E-state index < -0.39 is 0 Å². The summed E-state index contributed by atoms with van der Waals surface area (Å²) >= 11 is 0. The highest BCUT2D eigenvalue weighted by Crippen LogP contribution is 2.10. The van der Waals surface area contributed by atoms with Gasteiger partial charge in [0.25, 0.3) is 0 Å². The van der Waals surface area contributed by atoms with Crippen molar-refractivity contribution in [2.24, 2.45) is 0 Å². The molecule has 1 N–H and O–H groups in total. The van der Waals surface area contributed by atoms with Crippen LogP contribution < -0.4 is 5.32 Å². The Kier molecular flexibility index (Phi) is 4.22. The summed E-state index contributed by atoms with van der Waals surface area (Å²) in [5.74, 6) is 0.330. The molecule has 1 heterocycles. The Bertz CT molecular complexity index is 170. The second kappa shape index (κ2) is 5.22. The van der Waals surface area contributed by atoms with Crippen molar-refractivity contribution in [3.8, 4) is 0 Å². The Balaban J connectivity index is 2.29. The molecule has 1 aliphatic rings. The predicted octanol–water partition coefficient (Wildman–Crippen LogP) is 0.997. The molecule has 3 nitrogen and oxygen atoms in total. The van der Waals surface area contributed by atoms with Crippen LogP contribution in [0.5, 0.6) is 0 Å². The van der Waals surface area contributed by atoms with Gasteiger partial charge in [-0.2, -0.15) is 0 Å². The normalized spacial score (nSPS) is 20.5. The van der Waals surface area contributed by atoms with E-state index in [9.17, 15) is 4.79 Å². The van der Waals surface area contributed by atoms with Crippen LogP contribution >= 0.6 is 0 Å². The van der Waals surface area contributed by atoms with Gasteiger partial charge in [-0.1, -0.05) is 6.92 Å². The number of amides is 1. The molecule has 1 aliphatic heterocycles. The number of hydrogen-bond donors (Lipinski definition) is 1. The average molecular weight is 184 g/mol. The van der Waals surface area contributed by atoms with Crippen LogP contribution in [0.2, 0.25) is 0 Å². The van der Waals surface area contributed by atoms with E-state index >= 15 is 0 Å². The van der Waals surface area contributed by atoms with Crippen LogP contribution in [-0.2, 0) is 4.79 Å². The van der Waals surface area contributed by atoms with Crippen molar-refractivity contribution in [2.45, 2.75) is 39.2 Å². The number of carbonyl (C=O) groups is 1. The molecule has 76 valence electrons. The Morgan fingerprint density at radius 2 is 2.31 bits per heavy atom. The van der Waals surface area contributed by atoms with E-state index in [-0.39, 0.29) is 0 Å². The van der Waals surface area contributed by atoms with Gasteiger partial charge in [0, 0.05) is 25.6 Å². The van der Waals surface area contributed by atoms with Crippen molar-refractivity contribution in [3.63, 3.8) is 0 Å². The third-order valence-electron chi connectivity index (χ3n) is 2.47. The smallest absolute Gasteiger partial charge is 0.222 e. The van der Waals surface area contributed by atoms with Gasteiger partial charge in [-0.3, -0.25) is 4.79 Å². The van der Waals surface area contributed by atoms with Crippen molar-refractivity contribution in [3.05, 3.63) is 0 Å². The van der Waals surface area contributed by atoms with Crippen molar-refractivity contribution in [1.29, 1.82) is 0 Å². The van der Waals surface area contributed by atoms with Crippen molar-refractivity contribution >= 4 is 5.91 Å². The molecule has 1 rings (SSSR count). The van der Waals surface area contributed by atoms with Gasteiger partial charge in [0.05, 0.1) is 0 Å². The maximum Gasteiger partial charge on any atom is 0.222 e. The van der Waals surface area contributed by atoms with Gasteiger partial charge >= 0.3 is 0 Å². The van der Waals surface area contributed by atoms with Gasteiger partial charge in [-0.05, 0) is 26.3 Å². The zero-order chi connectivity index (χ0) is 9.68. The fourth-order valence-electron chi connectivity index (χ4n) is 1.80. The summed E-state index contributed by atoms with van der Waals surface area (Å²) in [6.07, 6.45) is 2.99. The molecule has 1 atom stereocenters. The predicted molar refractivity (Wildman–Crippen MR) is 53.6 cm³/mol. The number of likely N-dealkylation sites (tertiary alicyclic amines) is 1. The zero-order valence-electron chi connectivity index (χ0n) is 8.68. The minimum absolute atomic E-state index is 0.330. The van der Waals surface area contributed by atoms with Crippen LogP contribution in [0, 0.1) is 0 Å². The van der Waals surface area contributed by atoms with E-state index in [1.165, 1.54) is 6.42 Å². The van der Waals surface area contributed by atoms with E-state index in [0.29, 0.717) is 11.9 Å². The molecule has 0 aromatic rings. The SMILES string of the molecule is CCNC(C)CN1CCCCC1=O. The fourth-order valence-corrected chi connectivity index (χ4v) is 1.80. The molecule has 0 radical (unpaired) electrons. The van der Waals surface area contributed by atoms with Crippen LogP contribution in [0.1, 0.15) is 33.1 Å². The zero-order valence-corrected chi connectivity index (χ0v) is 8.68. The van der Waals surface area contributed by atoms with Gasteiger partial charge in [0.1, 0.15) is 0 Å². The quantitative estimate of drug-likeness (QED) is 0.707. The lowest BCUT2D eigenvalue weighted by molar-refractivity contribution is -0.133. The van der Waals surface area contributed by atoms with Gasteiger partial charge < -0.3 is 10.2 Å². The van der Waals surface area contributed by atoms with Crippen LogP contribution in [0.25, 0.3) is 0 Å². The number of carbonyl (C=O) groups excluding carboxylic acids is 1. The molecule has 0 aliphatic carbocycles. The molecule has 13 heavy (non-hydrogen) atoms. The minimum Gasteiger partial charge on any atom is -0.341 e. The van der Waals surface area contributed by atoms with Crippen molar-refractivity contribution in [1.82, 2.24) is 10.2 Å². The molecule has 1 saturated heterocycles. The number of nitrogens with zero attached hydrogens (tertiary/aromatic N) is 1. The molecule has 0 spiro atoms. The highest BCUT2D eigenvalue weighted by atomic mass is 16.2. The number of piperidine rings is 1. The first-order valence-electron chi connectivity index (χ1n) is 5.25. The topological polar surface area (TPSA) is 32.3 Å². The third kappa shape index (κ3) is 3.35. The first kappa shape index (κ1) is 10.5. The van der Waals surface area contributed by atoms with Gasteiger partial charge in [0.2, 0.25) is 5.91 Å². The second-order valence-electron chi connectivity index (χ2n) is 3.76. The average Bonchev–Trinajstić information content (AvgIpc) is 2.09. The van der Waals surface area contributed by atoms with E-state index in [0.717, 1.165) is 32.5 Å². The van der Waals surface area contributed by atoms with E-state index in [1.807, 2.05) is 4.90 Å². The molecule has 1 amide bonds. The monoisotopic (exact) mass is 184 g/mol. The highest BCUT2D eigenvalue weighted by Gasteiger charge is 2.19. The lowest BCUT2D eigenvalue weighted by Gasteiger charge is -2.29. The van der Waals surface area contributed by atoms with Crippen LogP contribution in [0.15, 0.2) is 0 Å². The maximum atomic E-state index is 11.4. The molecule has 1 fully saturated rings. The van der Waals surface area contributed by atoms with E-state index in [2.05, 4.69) is 19.2 Å². The summed E-state index contributed by atoms with van der Waals surface area (Å²) in [7, 11) is 0. The van der Waals surface area contributed by atoms with Gasteiger partial charge in [-0.25, -0.2) is 0 Å². The van der Waals surface area contributed by atoms with E-state index in [4.69, 9.17) is 0 Å². The number of hydrogen-bond acceptors (Lipinski definition) is 2. The van der Waals surface area contributed by atoms with Crippen molar-refractivity contribution in [2.75, 3.05) is 19.6 Å². The first-order valence-corrected chi connectivity index (χ1v) is 5.25. The molecule has 3 heteroatoms. The summed E-state index contributed by atoms with van der Waals surface area (Å²) in [6.45, 7) is 7.02. The summed E-state index contributed by atoms with van der Waals surface area (Å²) in [5.41, 5.74) is 0. The molecular weight excluding hydrogens is 164 g/mol. The lowest BCUT2D eigenvalue weighted by Crippen LogP contribution is -2.44. The molecule has 1 unspecified atom stereocenters. The van der Waals surface area contributed by atoms with Gasteiger partial charge in [0.15, 0.2) is 0 Å². The maximum absolute atomic E-state index is 11.4. The Hall–Kier alpha value is -0.570. The number of likely N-dealkylation sites (N-methyl/N-ethyl adjacent to an activating group) is 1. The molecule has 0 aromatic heterocycles. The van der Waals surface area contributed by atoms with Crippen LogP contribution in [0.3, 0.4) is 0 Å². The highest BCUT2D eigenvalue weighted by molar-refractivity contribution is 5.76. The Labute approximate surface area is 80.5 Å². The van der Waals surface area contributed by atoms with E-state index in [1.54, 1.807) is 0 Å². The second-order valence-corrected chi connectivity index (χ2v) is 3.76. The third-order valence-corrected chi connectivity index (χ3v) is 2.47. The lowest BCUT2D eigenvalue weighted by atomic mass is 10.1. The first-order chi connectivity index (χ1) is 6.24. The molecule has 0 bridgehead atoms. The standard InChI is InChI=1S/C10H20N2O/c1-3-11-9(2)8-12-7-5-4-6-10(12)13/h9,11H,3-8H2,1-2H3. The Morgan fingerprint density at radius 1 is 1.54 bits per heavy atom. The summed E-state index contributed by atoms with van der Waals surface area (Å²) in [4.78, 5) is 13.4. The fraction of sp³-hybridized carbons (Fsp3) is 0.900. The van der Waals surface area contributed by atoms with Crippen molar-refractivity contribution < 1.29 is 4.79 Å². The Morgan fingerprint density at radius 3 is 2.92 bits per heavy atom. The molecule has 0 saturated carbocycles. The molecule has 0 aromatic carbocycles. The summed E-state index contributed by atoms with van der Waals surface area (Å²) in [5, 5.41) is 3.32. The summed E-state index contributed by atoms with van der Waals surface area (Å²) < 4.78 is 0. The van der Waals surface area contributed by atoms with Crippen LogP contribution in [0.4, 0.5) is 0 Å². The minimum atomic E-state index is 0.330. The number of nitrogens with one attached hydrogen (secondary N) is 1.